The van der Waals surface area contributed by atoms with Crippen LogP contribution < -0.4 is 16.4 Å². The largest absolute Gasteiger partial charge is 0.437 e. The molecule has 0 aliphatic carbocycles. The van der Waals surface area contributed by atoms with Gasteiger partial charge in [-0.15, -0.1) is 5.10 Å². The zero-order chi connectivity index (χ0) is 18.6. The smallest absolute Gasteiger partial charge is 0.388 e. The van der Waals surface area contributed by atoms with E-state index in [0.717, 1.165) is 4.68 Å². The summed E-state index contributed by atoms with van der Waals surface area (Å²) in [5.41, 5.74) is -0.00299. The molecule has 0 atom stereocenters. The molecule has 1 heterocycles. The number of carbonyl (C=O) groups is 2. The number of hydrogen-bond acceptors (Lipinski definition) is 5. The van der Waals surface area contributed by atoms with Crippen molar-refractivity contribution in [1.82, 2.24) is 20.4 Å². The standard InChI is InChI=1S/C16H19FN4O4/c1-16(2,3)19-12(22)8-18-13(23)9-21-15(24)25-14(20-21)10-4-6-11(17)7-5-10/h4-7H,8-9H2,1-3H3,(H,18,23)(H,19,22). The monoisotopic (exact) mass is 350 g/mol. The van der Waals surface area contributed by atoms with Crippen molar-refractivity contribution in [3.8, 4) is 11.5 Å². The van der Waals surface area contributed by atoms with Gasteiger partial charge >= 0.3 is 5.76 Å². The van der Waals surface area contributed by atoms with E-state index in [1.165, 1.54) is 24.3 Å². The van der Waals surface area contributed by atoms with Crippen molar-refractivity contribution < 1.29 is 18.4 Å². The normalized spacial score (nSPS) is 11.2. The fraction of sp³-hybridized carbons (Fsp3) is 0.375. The summed E-state index contributed by atoms with van der Waals surface area (Å²) >= 11 is 0. The molecule has 0 unspecified atom stereocenters. The van der Waals surface area contributed by atoms with Crippen LogP contribution in [-0.4, -0.2) is 33.7 Å². The molecule has 0 bridgehead atoms. The third-order valence-electron chi connectivity index (χ3n) is 2.95. The number of aromatic nitrogens is 2. The van der Waals surface area contributed by atoms with E-state index in [-0.39, 0.29) is 18.3 Å². The van der Waals surface area contributed by atoms with Crippen molar-refractivity contribution in [3.63, 3.8) is 0 Å². The quantitative estimate of drug-likeness (QED) is 0.824. The highest BCUT2D eigenvalue weighted by atomic mass is 19.1. The molecule has 2 N–H and O–H groups in total. The Morgan fingerprint density at radius 1 is 1.20 bits per heavy atom. The van der Waals surface area contributed by atoms with Gasteiger partial charge in [-0.2, -0.15) is 4.68 Å². The number of carbonyl (C=O) groups excluding carboxylic acids is 2. The lowest BCUT2D eigenvalue weighted by Gasteiger charge is -2.20. The summed E-state index contributed by atoms with van der Waals surface area (Å²) in [7, 11) is 0. The Bertz CT molecular complexity index is 818. The maximum atomic E-state index is 12.9. The molecule has 2 rings (SSSR count). The van der Waals surface area contributed by atoms with Crippen molar-refractivity contribution in [2.75, 3.05) is 6.54 Å². The molecule has 9 heteroatoms. The summed E-state index contributed by atoms with van der Waals surface area (Å²) in [6, 6.07) is 5.22. The first-order valence-electron chi connectivity index (χ1n) is 7.56. The molecule has 0 aliphatic heterocycles. The molecule has 2 amide bonds. The first-order chi connectivity index (χ1) is 11.6. The lowest BCUT2D eigenvalue weighted by atomic mass is 10.1. The van der Waals surface area contributed by atoms with E-state index in [4.69, 9.17) is 4.42 Å². The predicted molar refractivity (Wildman–Crippen MR) is 87.1 cm³/mol. The number of nitrogens with one attached hydrogen (secondary N) is 2. The van der Waals surface area contributed by atoms with E-state index in [1.54, 1.807) is 0 Å². The van der Waals surface area contributed by atoms with Crippen LogP contribution in [0.4, 0.5) is 4.39 Å². The van der Waals surface area contributed by atoms with Crippen LogP contribution >= 0.6 is 0 Å². The summed E-state index contributed by atoms with van der Waals surface area (Å²) in [6.45, 7) is 4.84. The molecule has 1 aromatic carbocycles. The average Bonchev–Trinajstić information content (AvgIpc) is 2.85. The predicted octanol–water partition coefficient (Wildman–Crippen LogP) is 0.673. The average molecular weight is 350 g/mol. The minimum atomic E-state index is -0.825. The van der Waals surface area contributed by atoms with E-state index in [9.17, 15) is 18.8 Å². The fourth-order valence-corrected chi connectivity index (χ4v) is 1.95. The number of benzene rings is 1. The zero-order valence-corrected chi connectivity index (χ0v) is 14.1. The van der Waals surface area contributed by atoms with Gasteiger partial charge in [-0.05, 0) is 45.0 Å². The van der Waals surface area contributed by atoms with Crippen LogP contribution in [0.25, 0.3) is 11.5 Å². The first kappa shape index (κ1) is 18.4. The van der Waals surface area contributed by atoms with Gasteiger partial charge in [0.25, 0.3) is 0 Å². The molecule has 25 heavy (non-hydrogen) atoms. The van der Waals surface area contributed by atoms with E-state index in [2.05, 4.69) is 15.7 Å². The van der Waals surface area contributed by atoms with E-state index < -0.39 is 29.6 Å². The molecule has 134 valence electrons. The van der Waals surface area contributed by atoms with Gasteiger partial charge in [0, 0.05) is 11.1 Å². The Balaban J connectivity index is 1.96. The molecule has 0 aliphatic rings. The van der Waals surface area contributed by atoms with E-state index >= 15 is 0 Å². The highest BCUT2D eigenvalue weighted by Gasteiger charge is 2.16. The Morgan fingerprint density at radius 2 is 1.84 bits per heavy atom. The Morgan fingerprint density at radius 3 is 2.44 bits per heavy atom. The van der Waals surface area contributed by atoms with Crippen LogP contribution in [0.3, 0.4) is 0 Å². The molecule has 8 nitrogen and oxygen atoms in total. The molecule has 0 saturated carbocycles. The minimum Gasteiger partial charge on any atom is -0.388 e. The maximum Gasteiger partial charge on any atom is 0.437 e. The van der Waals surface area contributed by atoms with Gasteiger partial charge in [0.15, 0.2) is 0 Å². The summed E-state index contributed by atoms with van der Waals surface area (Å²) in [5, 5.41) is 8.98. The van der Waals surface area contributed by atoms with Crippen molar-refractivity contribution in [2.45, 2.75) is 32.9 Å². The minimum absolute atomic E-state index is 0.0247. The number of amides is 2. The van der Waals surface area contributed by atoms with Crippen molar-refractivity contribution in [1.29, 1.82) is 0 Å². The lowest BCUT2D eigenvalue weighted by molar-refractivity contribution is -0.127. The number of nitrogens with zero attached hydrogens (tertiary/aromatic N) is 2. The number of rotatable bonds is 5. The Kier molecular flexibility index (Phi) is 5.35. The van der Waals surface area contributed by atoms with Gasteiger partial charge in [0.1, 0.15) is 12.4 Å². The van der Waals surface area contributed by atoms with Gasteiger partial charge < -0.3 is 15.1 Å². The third kappa shape index (κ3) is 5.55. The first-order valence-corrected chi connectivity index (χ1v) is 7.56. The van der Waals surface area contributed by atoms with Gasteiger partial charge in [-0.3, -0.25) is 9.59 Å². The van der Waals surface area contributed by atoms with Crippen LogP contribution in [-0.2, 0) is 16.1 Å². The van der Waals surface area contributed by atoms with Crippen molar-refractivity contribution in [2.24, 2.45) is 0 Å². The molecule has 1 aromatic heterocycles. The van der Waals surface area contributed by atoms with Crippen molar-refractivity contribution in [3.05, 3.63) is 40.6 Å². The second kappa shape index (κ2) is 7.29. The molecule has 0 spiro atoms. The van der Waals surface area contributed by atoms with Gasteiger partial charge in [0.05, 0.1) is 6.54 Å². The lowest BCUT2D eigenvalue weighted by Crippen LogP contribution is -2.46. The number of halogens is 1. The third-order valence-corrected chi connectivity index (χ3v) is 2.95. The molecule has 0 saturated heterocycles. The van der Waals surface area contributed by atoms with Crippen LogP contribution in [0.1, 0.15) is 20.8 Å². The second-order valence-electron chi connectivity index (χ2n) is 6.41. The van der Waals surface area contributed by atoms with Gasteiger partial charge in [0.2, 0.25) is 17.7 Å². The van der Waals surface area contributed by atoms with Gasteiger partial charge in [-0.1, -0.05) is 0 Å². The summed E-state index contributed by atoms with van der Waals surface area (Å²) in [6.07, 6.45) is 0. The van der Waals surface area contributed by atoms with Crippen LogP contribution in [0.2, 0.25) is 0 Å². The highest BCUT2D eigenvalue weighted by Crippen LogP contribution is 2.15. The maximum absolute atomic E-state index is 12.9. The topological polar surface area (TPSA) is 106 Å². The van der Waals surface area contributed by atoms with Crippen molar-refractivity contribution >= 4 is 11.8 Å². The Labute approximate surface area is 143 Å². The van der Waals surface area contributed by atoms with Crippen LogP contribution in [0.5, 0.6) is 0 Å². The van der Waals surface area contributed by atoms with E-state index in [1.807, 2.05) is 20.8 Å². The second-order valence-corrected chi connectivity index (χ2v) is 6.41. The Hall–Kier alpha value is -2.97. The van der Waals surface area contributed by atoms with Crippen LogP contribution in [0, 0.1) is 5.82 Å². The van der Waals surface area contributed by atoms with Gasteiger partial charge in [-0.25, -0.2) is 9.18 Å². The SMILES string of the molecule is CC(C)(C)NC(=O)CNC(=O)Cn1nc(-c2ccc(F)cc2)oc1=O. The molecular formula is C16H19FN4O4. The highest BCUT2D eigenvalue weighted by molar-refractivity contribution is 5.84. The summed E-state index contributed by atoms with van der Waals surface area (Å²) < 4.78 is 18.7. The number of hydrogen-bond donors (Lipinski definition) is 2. The summed E-state index contributed by atoms with van der Waals surface area (Å²) in [5.74, 6) is -2.19. The van der Waals surface area contributed by atoms with E-state index in [0.29, 0.717) is 5.56 Å². The summed E-state index contributed by atoms with van der Waals surface area (Å²) in [4.78, 5) is 35.2. The zero-order valence-electron chi connectivity index (χ0n) is 14.1. The molecule has 0 fully saturated rings. The fourth-order valence-electron chi connectivity index (χ4n) is 1.95. The molecule has 0 radical (unpaired) electrons. The molecule has 2 aromatic rings. The molecular weight excluding hydrogens is 331 g/mol. The van der Waals surface area contributed by atoms with Crippen LogP contribution in [0.15, 0.2) is 33.5 Å².